The van der Waals surface area contributed by atoms with Gasteiger partial charge in [0, 0.05) is 5.41 Å². The lowest BCUT2D eigenvalue weighted by molar-refractivity contribution is 0.283. The first kappa shape index (κ1) is 13.1. The Morgan fingerprint density at radius 3 is 2.00 bits per heavy atom. The molecular weight excluding hydrogens is 176 g/mol. The quantitative estimate of drug-likeness (QED) is 0.476. The lowest BCUT2D eigenvalue weighted by Gasteiger charge is -2.31. The summed E-state index contributed by atoms with van der Waals surface area (Å²) in [5.41, 5.74) is -0.138. The minimum absolute atomic E-state index is 0.138. The van der Waals surface area contributed by atoms with Crippen molar-refractivity contribution in [2.45, 2.75) is 52.9 Å². The van der Waals surface area contributed by atoms with E-state index in [1.165, 1.54) is 0 Å². The van der Waals surface area contributed by atoms with Gasteiger partial charge in [-0.25, -0.2) is 0 Å². The summed E-state index contributed by atoms with van der Waals surface area (Å²) in [5.74, 6) is 0.263. The zero-order valence-corrected chi connectivity index (χ0v) is 9.52. The predicted octanol–water partition coefficient (Wildman–Crippen LogP) is 3.58. The average molecular weight is 198 g/mol. The van der Waals surface area contributed by atoms with Gasteiger partial charge in [-0.3, -0.25) is 10.8 Å². The second-order valence-electron chi connectivity index (χ2n) is 3.70. The number of ether oxygens (including phenoxy) is 1. The van der Waals surface area contributed by atoms with Gasteiger partial charge in [0.05, 0.1) is 0 Å². The van der Waals surface area contributed by atoms with Crippen molar-refractivity contribution in [1.29, 1.82) is 10.8 Å². The maximum atomic E-state index is 7.83. The van der Waals surface area contributed by atoms with Gasteiger partial charge in [0.25, 0.3) is 0 Å². The minimum atomic E-state index is -0.138. The molecule has 2 N–H and O–H groups in total. The largest absolute Gasteiger partial charge is 0.432 e. The molecule has 3 heteroatoms. The summed E-state index contributed by atoms with van der Waals surface area (Å²) < 4.78 is 4.93. The molecule has 0 saturated heterocycles. The first-order chi connectivity index (χ1) is 6.66. The lowest BCUT2D eigenvalue weighted by atomic mass is 9.76. The highest BCUT2D eigenvalue weighted by Crippen LogP contribution is 2.34. The molecule has 14 heavy (non-hydrogen) atoms. The predicted molar refractivity (Wildman–Crippen MR) is 60.1 cm³/mol. The molecule has 0 radical (unpaired) electrons. The van der Waals surface area contributed by atoms with E-state index >= 15 is 0 Å². The Bertz CT molecular complexity index is 184. The normalized spacial score (nSPS) is 11.1. The summed E-state index contributed by atoms with van der Waals surface area (Å²) in [6, 6.07) is 0. The fourth-order valence-electron chi connectivity index (χ4n) is 2.01. The first-order valence-corrected chi connectivity index (χ1v) is 5.41. The van der Waals surface area contributed by atoms with E-state index in [1.54, 1.807) is 0 Å². The van der Waals surface area contributed by atoms with Gasteiger partial charge < -0.3 is 4.74 Å². The van der Waals surface area contributed by atoms with Gasteiger partial charge in [-0.15, -0.1) is 0 Å². The van der Waals surface area contributed by atoms with E-state index in [4.69, 9.17) is 15.6 Å². The topological polar surface area (TPSA) is 56.9 Å². The third-order valence-corrected chi connectivity index (χ3v) is 2.79. The zero-order valence-electron chi connectivity index (χ0n) is 9.52. The second kappa shape index (κ2) is 6.57. The first-order valence-electron chi connectivity index (χ1n) is 5.41. The Kier molecular flexibility index (Phi) is 6.17. The fourth-order valence-corrected chi connectivity index (χ4v) is 2.01. The summed E-state index contributed by atoms with van der Waals surface area (Å²) >= 11 is 0. The van der Waals surface area contributed by atoms with Crippen molar-refractivity contribution in [3.05, 3.63) is 0 Å². The van der Waals surface area contributed by atoms with E-state index in [0.29, 0.717) is 0 Å². The molecule has 0 aliphatic carbocycles. The van der Waals surface area contributed by atoms with Crippen LogP contribution in [0.5, 0.6) is 0 Å². The average Bonchev–Trinajstić information content (AvgIpc) is 2.17. The van der Waals surface area contributed by atoms with E-state index in [-0.39, 0.29) is 11.3 Å². The summed E-state index contributed by atoms with van der Waals surface area (Å²) in [4.78, 5) is 0. The van der Waals surface area contributed by atoms with E-state index in [1.807, 2.05) is 0 Å². The Morgan fingerprint density at radius 2 is 1.71 bits per heavy atom. The molecule has 0 spiro atoms. The summed E-state index contributed by atoms with van der Waals surface area (Å²) in [6.45, 7) is 6.34. The van der Waals surface area contributed by atoms with Crippen molar-refractivity contribution >= 4 is 12.3 Å². The highest BCUT2D eigenvalue weighted by Gasteiger charge is 2.32. The van der Waals surface area contributed by atoms with Gasteiger partial charge >= 0.3 is 0 Å². The van der Waals surface area contributed by atoms with E-state index in [0.717, 1.165) is 38.5 Å². The third-order valence-electron chi connectivity index (χ3n) is 2.79. The van der Waals surface area contributed by atoms with Crippen LogP contribution in [-0.4, -0.2) is 12.3 Å². The Labute approximate surface area is 86.9 Å². The van der Waals surface area contributed by atoms with E-state index in [9.17, 15) is 0 Å². The fraction of sp³-hybridized carbons (Fsp3) is 0.818. The van der Waals surface area contributed by atoms with Crippen LogP contribution in [0.4, 0.5) is 0 Å². The van der Waals surface area contributed by atoms with Crippen LogP contribution in [0.25, 0.3) is 0 Å². The zero-order chi connectivity index (χ0) is 11.0. The monoisotopic (exact) mass is 198 g/mol. The molecule has 0 rings (SSSR count). The third kappa shape index (κ3) is 3.13. The molecule has 0 aromatic carbocycles. The number of rotatable bonds is 7. The number of hydrogen-bond acceptors (Lipinski definition) is 3. The molecule has 0 amide bonds. The summed E-state index contributed by atoms with van der Waals surface area (Å²) in [6.07, 6.45) is 5.84. The molecule has 0 aliphatic rings. The lowest BCUT2D eigenvalue weighted by Crippen LogP contribution is -2.31. The van der Waals surface area contributed by atoms with Gasteiger partial charge in [0.1, 0.15) is 0 Å². The van der Waals surface area contributed by atoms with Gasteiger partial charge in [-0.2, -0.15) is 0 Å². The highest BCUT2D eigenvalue weighted by atomic mass is 16.5. The maximum Gasteiger partial charge on any atom is 0.194 e. The molecule has 0 aliphatic heterocycles. The molecule has 82 valence electrons. The Hall–Kier alpha value is -0.860. The van der Waals surface area contributed by atoms with Crippen molar-refractivity contribution in [3.8, 4) is 0 Å². The molecule has 0 bridgehead atoms. The standard InChI is InChI=1S/C11H22N2O/c1-4-7-11(6-3,8-5-2)10(13)14-9-12/h9,12-13H,4-8H2,1-3H3. The molecular formula is C11H22N2O. The van der Waals surface area contributed by atoms with Crippen molar-refractivity contribution < 1.29 is 4.74 Å². The van der Waals surface area contributed by atoms with Gasteiger partial charge in [-0.05, 0) is 19.3 Å². The van der Waals surface area contributed by atoms with Crippen LogP contribution >= 0.6 is 0 Å². The van der Waals surface area contributed by atoms with Crippen LogP contribution in [0.2, 0.25) is 0 Å². The van der Waals surface area contributed by atoms with Crippen molar-refractivity contribution in [2.24, 2.45) is 5.41 Å². The minimum Gasteiger partial charge on any atom is -0.432 e. The van der Waals surface area contributed by atoms with Crippen LogP contribution in [0.1, 0.15) is 52.9 Å². The molecule has 0 aromatic heterocycles. The SMILES string of the molecule is CCCC(CC)(CCC)C(=N)OC=N. The van der Waals surface area contributed by atoms with Gasteiger partial charge in [-0.1, -0.05) is 33.6 Å². The van der Waals surface area contributed by atoms with Crippen LogP contribution in [-0.2, 0) is 4.74 Å². The molecule has 0 heterocycles. The molecule has 0 saturated carbocycles. The van der Waals surface area contributed by atoms with Crippen molar-refractivity contribution in [2.75, 3.05) is 0 Å². The second-order valence-corrected chi connectivity index (χ2v) is 3.70. The molecule has 0 unspecified atom stereocenters. The van der Waals surface area contributed by atoms with Gasteiger partial charge in [0.2, 0.25) is 0 Å². The number of hydrogen-bond donors (Lipinski definition) is 2. The van der Waals surface area contributed by atoms with Crippen LogP contribution in [0.3, 0.4) is 0 Å². The van der Waals surface area contributed by atoms with E-state index in [2.05, 4.69) is 20.8 Å². The highest BCUT2D eigenvalue weighted by molar-refractivity contribution is 5.84. The summed E-state index contributed by atoms with van der Waals surface area (Å²) in [5, 5.41) is 14.7. The Morgan fingerprint density at radius 1 is 1.21 bits per heavy atom. The smallest absolute Gasteiger partial charge is 0.194 e. The molecule has 0 atom stereocenters. The van der Waals surface area contributed by atoms with Crippen LogP contribution in [0, 0.1) is 16.2 Å². The van der Waals surface area contributed by atoms with Crippen molar-refractivity contribution in [1.82, 2.24) is 0 Å². The maximum absolute atomic E-state index is 7.83. The molecule has 0 fully saturated rings. The Balaban J connectivity index is 4.61. The van der Waals surface area contributed by atoms with Gasteiger partial charge in [0.15, 0.2) is 12.3 Å². The molecule has 0 aromatic rings. The van der Waals surface area contributed by atoms with Crippen LogP contribution in [0.15, 0.2) is 0 Å². The summed E-state index contributed by atoms with van der Waals surface area (Å²) in [7, 11) is 0. The van der Waals surface area contributed by atoms with E-state index < -0.39 is 0 Å². The number of nitrogens with one attached hydrogen (secondary N) is 2. The van der Waals surface area contributed by atoms with Crippen molar-refractivity contribution in [3.63, 3.8) is 0 Å². The van der Waals surface area contributed by atoms with Crippen LogP contribution < -0.4 is 0 Å². The molecule has 3 nitrogen and oxygen atoms in total.